The van der Waals surface area contributed by atoms with Crippen molar-refractivity contribution in [2.24, 2.45) is 29.1 Å². The predicted octanol–water partition coefficient (Wildman–Crippen LogP) is 9.89. The first kappa shape index (κ1) is 25.9. The molecule has 5 aliphatic carbocycles. The lowest BCUT2D eigenvalue weighted by atomic mass is 9.50. The summed E-state index contributed by atoms with van der Waals surface area (Å²) in [6, 6.07) is 36.1. The van der Waals surface area contributed by atoms with E-state index in [2.05, 4.69) is 72.8 Å². The summed E-state index contributed by atoms with van der Waals surface area (Å²) in [6.45, 7) is 0. The molecule has 230 valence electrons. The van der Waals surface area contributed by atoms with E-state index in [9.17, 15) is 0 Å². The maximum absolute atomic E-state index is 6.44. The molecule has 3 heterocycles. The molecule has 4 fully saturated rings. The number of nitrogens with zero attached hydrogens (tertiary/aromatic N) is 4. The Bertz CT molecular complexity index is 2500. The Hall–Kier alpha value is -5.16. The highest BCUT2D eigenvalue weighted by molar-refractivity contribution is 6.09. The van der Waals surface area contributed by atoms with Crippen molar-refractivity contribution < 1.29 is 4.42 Å². The summed E-state index contributed by atoms with van der Waals surface area (Å²) in [4.78, 5) is 20.6. The molecule has 0 radical (unpaired) electrons. The SMILES string of the molecule is c1ccc(-c2nc(-c3ccc4c(c3)-c3cccnc3C43C4CC5CC6CC3C6(C5)C4)nc(-c3cccc4c3oc3ccccc34)n2)cc1. The third kappa shape index (κ3) is 3.05. The number of pyridine rings is 1. The van der Waals surface area contributed by atoms with Gasteiger partial charge in [0.05, 0.1) is 11.3 Å². The third-order valence-electron chi connectivity index (χ3n) is 13.3. The van der Waals surface area contributed by atoms with Crippen LogP contribution in [0.3, 0.4) is 0 Å². The van der Waals surface area contributed by atoms with Crippen molar-refractivity contribution >= 4 is 21.9 Å². The highest BCUT2D eigenvalue weighted by Gasteiger charge is 2.77. The van der Waals surface area contributed by atoms with Crippen molar-refractivity contribution in [2.45, 2.75) is 37.5 Å². The number of para-hydroxylation sites is 2. The average molecular weight is 621 g/mol. The van der Waals surface area contributed by atoms with Crippen molar-refractivity contribution in [3.8, 4) is 45.3 Å². The van der Waals surface area contributed by atoms with Crippen molar-refractivity contribution in [1.82, 2.24) is 19.9 Å². The maximum Gasteiger partial charge on any atom is 0.167 e. The molecule has 5 aliphatic rings. The summed E-state index contributed by atoms with van der Waals surface area (Å²) in [5, 5.41) is 2.15. The molecule has 6 atom stereocenters. The first-order chi connectivity index (χ1) is 23.7. The smallest absolute Gasteiger partial charge is 0.167 e. The van der Waals surface area contributed by atoms with Gasteiger partial charge in [-0.05, 0) is 96.6 Å². The Morgan fingerprint density at radius 3 is 2.33 bits per heavy atom. The fourth-order valence-corrected chi connectivity index (χ4v) is 11.7. The number of fused-ring (bicyclic) bond motifs is 12. The summed E-state index contributed by atoms with van der Waals surface area (Å²) >= 11 is 0. The molecule has 5 nitrogen and oxygen atoms in total. The van der Waals surface area contributed by atoms with Crippen LogP contribution in [0.25, 0.3) is 67.2 Å². The highest BCUT2D eigenvalue weighted by Crippen LogP contribution is 2.83. The van der Waals surface area contributed by atoms with Gasteiger partial charge in [-0.25, -0.2) is 15.0 Å². The summed E-state index contributed by atoms with van der Waals surface area (Å²) in [5.41, 5.74) is 10.6. The van der Waals surface area contributed by atoms with Gasteiger partial charge in [0.25, 0.3) is 0 Å². The second kappa shape index (κ2) is 8.84. The van der Waals surface area contributed by atoms with Crippen LogP contribution in [0.4, 0.5) is 0 Å². The Labute approximate surface area is 278 Å². The first-order valence-corrected chi connectivity index (χ1v) is 17.5. The molecule has 0 saturated heterocycles. The maximum atomic E-state index is 6.44. The Morgan fingerprint density at radius 2 is 1.40 bits per heavy atom. The molecule has 3 aromatic heterocycles. The molecule has 12 rings (SSSR count). The van der Waals surface area contributed by atoms with Gasteiger partial charge in [-0.3, -0.25) is 4.98 Å². The number of hydrogen-bond acceptors (Lipinski definition) is 5. The van der Waals surface area contributed by atoms with E-state index >= 15 is 0 Å². The fourth-order valence-electron chi connectivity index (χ4n) is 11.7. The zero-order chi connectivity index (χ0) is 31.2. The van der Waals surface area contributed by atoms with Crippen molar-refractivity contribution in [1.29, 1.82) is 0 Å². The van der Waals surface area contributed by atoms with Gasteiger partial charge >= 0.3 is 0 Å². The number of furan rings is 1. The predicted molar refractivity (Wildman–Crippen MR) is 187 cm³/mol. The van der Waals surface area contributed by atoms with Crippen LogP contribution < -0.4 is 0 Å². The van der Waals surface area contributed by atoms with Crippen LogP contribution in [0.15, 0.2) is 114 Å². The van der Waals surface area contributed by atoms with Crippen molar-refractivity contribution in [2.75, 3.05) is 0 Å². The molecule has 4 aromatic carbocycles. The van der Waals surface area contributed by atoms with Gasteiger partial charge in [-0.15, -0.1) is 0 Å². The number of rotatable bonds is 3. The van der Waals surface area contributed by atoms with E-state index in [1.807, 2.05) is 36.5 Å². The van der Waals surface area contributed by atoms with E-state index in [0.717, 1.165) is 50.5 Å². The molecule has 0 amide bonds. The van der Waals surface area contributed by atoms with Crippen molar-refractivity contribution in [3.05, 3.63) is 121 Å². The Balaban J connectivity index is 1.07. The molecular weight excluding hydrogens is 589 g/mol. The van der Waals surface area contributed by atoms with Gasteiger partial charge in [-0.2, -0.15) is 0 Å². The molecule has 48 heavy (non-hydrogen) atoms. The molecule has 3 bridgehead atoms. The van der Waals surface area contributed by atoms with Gasteiger partial charge in [0.2, 0.25) is 0 Å². The normalized spacial score (nSPS) is 28.6. The van der Waals surface area contributed by atoms with Crippen LogP contribution in [0.5, 0.6) is 0 Å². The third-order valence-corrected chi connectivity index (χ3v) is 13.3. The van der Waals surface area contributed by atoms with Gasteiger partial charge in [-0.1, -0.05) is 78.9 Å². The molecule has 0 aliphatic heterocycles. The number of benzene rings is 4. The molecule has 0 N–H and O–H groups in total. The minimum Gasteiger partial charge on any atom is -0.455 e. The lowest BCUT2D eigenvalue weighted by molar-refractivity contribution is -0.0201. The molecule has 6 unspecified atom stereocenters. The summed E-state index contributed by atoms with van der Waals surface area (Å²) in [7, 11) is 0. The minimum atomic E-state index is 0.0481. The van der Waals surface area contributed by atoms with Gasteiger partial charge < -0.3 is 4.42 Å². The first-order valence-electron chi connectivity index (χ1n) is 17.5. The standard InChI is InChI=1S/C43H32N4O/c1-2-8-25(9-3-1)39-45-40(47-41(46-39)32-12-6-11-30-29-10-4-5-14-35(29)48-37(30)32)26-15-16-34-33(20-26)31-13-7-17-44-38(31)43(34)28-19-24-18-27-21-36(43)42(27,22-24)23-28/h1-17,20,24,27-28,36H,18-19,21-23H2. The van der Waals surface area contributed by atoms with Crippen LogP contribution in [0.2, 0.25) is 0 Å². The summed E-state index contributed by atoms with van der Waals surface area (Å²) < 4.78 is 6.44. The van der Waals surface area contributed by atoms with E-state index in [-0.39, 0.29) is 5.41 Å². The monoisotopic (exact) mass is 620 g/mol. The van der Waals surface area contributed by atoms with Crippen LogP contribution in [0.1, 0.15) is 43.4 Å². The van der Waals surface area contributed by atoms with E-state index in [0.29, 0.717) is 34.7 Å². The summed E-state index contributed by atoms with van der Waals surface area (Å²) in [5.74, 6) is 5.19. The molecule has 5 heteroatoms. The lowest BCUT2D eigenvalue weighted by Gasteiger charge is -2.54. The van der Waals surface area contributed by atoms with Crippen molar-refractivity contribution in [3.63, 3.8) is 0 Å². The van der Waals surface area contributed by atoms with Crippen LogP contribution >= 0.6 is 0 Å². The Morgan fingerprint density at radius 1 is 0.604 bits per heavy atom. The van der Waals surface area contributed by atoms with E-state index in [4.69, 9.17) is 24.4 Å². The van der Waals surface area contributed by atoms with Crippen LogP contribution in [-0.4, -0.2) is 19.9 Å². The largest absolute Gasteiger partial charge is 0.455 e. The topological polar surface area (TPSA) is 64.7 Å². The zero-order valence-electron chi connectivity index (χ0n) is 26.4. The number of hydrogen-bond donors (Lipinski definition) is 0. The quantitative estimate of drug-likeness (QED) is 0.197. The van der Waals surface area contributed by atoms with Gasteiger partial charge in [0.15, 0.2) is 17.5 Å². The fraction of sp³-hybridized carbons (Fsp3) is 0.256. The average Bonchev–Trinajstić information content (AvgIpc) is 3.77. The summed E-state index contributed by atoms with van der Waals surface area (Å²) in [6.07, 6.45) is 9.07. The minimum absolute atomic E-state index is 0.0481. The molecule has 4 saturated carbocycles. The molecule has 2 spiro atoms. The van der Waals surface area contributed by atoms with E-state index in [1.165, 1.54) is 54.5 Å². The van der Waals surface area contributed by atoms with E-state index < -0.39 is 0 Å². The zero-order valence-corrected chi connectivity index (χ0v) is 26.4. The second-order valence-corrected chi connectivity index (χ2v) is 15.1. The van der Waals surface area contributed by atoms with Gasteiger partial charge in [0, 0.05) is 39.1 Å². The second-order valence-electron chi connectivity index (χ2n) is 15.1. The van der Waals surface area contributed by atoms with E-state index in [1.54, 1.807) is 0 Å². The van der Waals surface area contributed by atoms with Gasteiger partial charge in [0.1, 0.15) is 11.2 Å². The highest BCUT2D eigenvalue weighted by atomic mass is 16.3. The molecular formula is C43H32N4O. The lowest BCUT2D eigenvalue weighted by Crippen LogP contribution is -2.50. The van der Waals surface area contributed by atoms with Crippen LogP contribution in [-0.2, 0) is 5.41 Å². The number of aromatic nitrogens is 4. The molecule has 7 aromatic rings. The van der Waals surface area contributed by atoms with Crippen LogP contribution in [0, 0.1) is 29.1 Å². The Kier molecular flexibility index (Phi) is 4.77.